The third-order valence-electron chi connectivity index (χ3n) is 2.27. The van der Waals surface area contributed by atoms with Crippen LogP contribution in [0.1, 0.15) is 11.3 Å². The molecule has 18 heavy (non-hydrogen) atoms. The van der Waals surface area contributed by atoms with Crippen LogP contribution in [0, 0.1) is 6.92 Å². The van der Waals surface area contributed by atoms with E-state index in [1.807, 2.05) is 6.92 Å². The van der Waals surface area contributed by atoms with Gasteiger partial charge in [0, 0.05) is 11.1 Å². The fourth-order valence-corrected chi connectivity index (χ4v) is 1.48. The zero-order valence-corrected chi connectivity index (χ0v) is 10.5. The minimum Gasteiger partial charge on any atom is -0.465 e. The Labute approximate surface area is 110 Å². The van der Waals surface area contributed by atoms with Crippen molar-refractivity contribution in [3.8, 4) is 5.75 Å². The van der Waals surface area contributed by atoms with Crippen molar-refractivity contribution in [3.05, 3.63) is 59.0 Å². The Morgan fingerprint density at radius 1 is 1.39 bits per heavy atom. The average molecular weight is 263 g/mol. The van der Waals surface area contributed by atoms with Gasteiger partial charge in [-0.1, -0.05) is 11.6 Å². The van der Waals surface area contributed by atoms with Crippen molar-refractivity contribution in [2.75, 3.05) is 0 Å². The molecule has 0 aliphatic rings. The lowest BCUT2D eigenvalue weighted by Crippen LogP contribution is -2.03. The molecular weight excluding hydrogens is 252 g/mol. The molecule has 2 rings (SSSR count). The van der Waals surface area contributed by atoms with Crippen molar-refractivity contribution in [3.63, 3.8) is 0 Å². The summed E-state index contributed by atoms with van der Waals surface area (Å²) >= 11 is 5.88. The Kier molecular flexibility index (Phi) is 3.85. The van der Waals surface area contributed by atoms with Gasteiger partial charge in [0.15, 0.2) is 0 Å². The highest BCUT2D eigenvalue weighted by molar-refractivity contribution is 6.31. The molecule has 4 heteroatoms. The monoisotopic (exact) mass is 262 g/mol. The Morgan fingerprint density at radius 3 is 2.89 bits per heavy atom. The van der Waals surface area contributed by atoms with Crippen molar-refractivity contribution in [2.24, 2.45) is 0 Å². The van der Waals surface area contributed by atoms with E-state index in [0.717, 1.165) is 5.56 Å². The molecule has 1 aromatic carbocycles. The predicted octanol–water partition coefficient (Wildman–Crippen LogP) is 3.86. The van der Waals surface area contributed by atoms with E-state index in [1.165, 1.54) is 12.3 Å². The molecule has 1 aromatic heterocycles. The number of hydrogen-bond donors (Lipinski definition) is 0. The smallest absolute Gasteiger partial charge is 0.336 e. The van der Waals surface area contributed by atoms with Crippen LogP contribution in [0.4, 0.5) is 0 Å². The number of esters is 1. The lowest BCUT2D eigenvalue weighted by atomic mass is 10.2. The van der Waals surface area contributed by atoms with E-state index >= 15 is 0 Å². The van der Waals surface area contributed by atoms with E-state index in [4.69, 9.17) is 20.8 Å². The summed E-state index contributed by atoms with van der Waals surface area (Å²) in [6, 6.07) is 8.54. The number of benzene rings is 1. The maximum Gasteiger partial charge on any atom is 0.336 e. The molecule has 0 bridgehead atoms. The fraction of sp³-hybridized carbons (Fsp3) is 0.0714. The normalized spacial score (nSPS) is 10.8. The first-order valence-electron chi connectivity index (χ1n) is 5.35. The Balaban J connectivity index is 2.01. The van der Waals surface area contributed by atoms with Crippen molar-refractivity contribution in [1.82, 2.24) is 0 Å². The minimum atomic E-state index is -0.465. The number of ether oxygens (including phenoxy) is 1. The van der Waals surface area contributed by atoms with Gasteiger partial charge in [-0.25, -0.2) is 4.79 Å². The molecule has 0 saturated carbocycles. The lowest BCUT2D eigenvalue weighted by Gasteiger charge is -2.03. The largest absolute Gasteiger partial charge is 0.465 e. The summed E-state index contributed by atoms with van der Waals surface area (Å²) in [5.41, 5.74) is 0.858. The van der Waals surface area contributed by atoms with Crippen LogP contribution in [0.3, 0.4) is 0 Å². The maximum absolute atomic E-state index is 11.5. The van der Waals surface area contributed by atoms with E-state index in [-0.39, 0.29) is 0 Å². The van der Waals surface area contributed by atoms with E-state index in [0.29, 0.717) is 16.5 Å². The first-order valence-corrected chi connectivity index (χ1v) is 5.72. The molecule has 0 saturated heterocycles. The van der Waals surface area contributed by atoms with E-state index in [2.05, 4.69) is 0 Å². The van der Waals surface area contributed by atoms with Gasteiger partial charge < -0.3 is 9.15 Å². The van der Waals surface area contributed by atoms with Crippen LogP contribution in [0.5, 0.6) is 5.75 Å². The number of furan rings is 1. The van der Waals surface area contributed by atoms with Crippen LogP contribution < -0.4 is 4.74 Å². The van der Waals surface area contributed by atoms with E-state index < -0.39 is 5.97 Å². The molecule has 2 aromatic rings. The molecule has 92 valence electrons. The summed E-state index contributed by atoms with van der Waals surface area (Å²) in [4.78, 5) is 11.5. The summed E-state index contributed by atoms with van der Waals surface area (Å²) in [7, 11) is 0. The van der Waals surface area contributed by atoms with Crippen LogP contribution in [-0.2, 0) is 4.79 Å². The first kappa shape index (κ1) is 12.5. The molecule has 0 amide bonds. The molecule has 0 radical (unpaired) electrons. The highest BCUT2D eigenvalue weighted by Gasteiger charge is 2.03. The number of hydrogen-bond acceptors (Lipinski definition) is 3. The van der Waals surface area contributed by atoms with Gasteiger partial charge in [0.25, 0.3) is 0 Å². The minimum absolute atomic E-state index is 0.464. The molecule has 0 N–H and O–H groups in total. The molecule has 0 atom stereocenters. The quantitative estimate of drug-likeness (QED) is 0.479. The summed E-state index contributed by atoms with van der Waals surface area (Å²) < 4.78 is 10.2. The van der Waals surface area contributed by atoms with Gasteiger partial charge in [0.05, 0.1) is 6.26 Å². The summed E-state index contributed by atoms with van der Waals surface area (Å²) in [6.07, 6.45) is 4.39. The number of halogens is 1. The second-order valence-electron chi connectivity index (χ2n) is 3.68. The molecule has 1 heterocycles. The number of carbonyl (C=O) groups is 1. The first-order chi connectivity index (χ1) is 8.65. The Bertz CT molecular complexity index is 571. The summed E-state index contributed by atoms with van der Waals surface area (Å²) in [6.45, 7) is 1.85. The third-order valence-corrected chi connectivity index (χ3v) is 2.70. The Hall–Kier alpha value is -2.00. The van der Waals surface area contributed by atoms with Crippen LogP contribution in [0.25, 0.3) is 6.08 Å². The van der Waals surface area contributed by atoms with E-state index in [1.54, 1.807) is 36.4 Å². The molecule has 0 spiro atoms. The van der Waals surface area contributed by atoms with Crippen LogP contribution in [-0.4, -0.2) is 5.97 Å². The van der Waals surface area contributed by atoms with Gasteiger partial charge in [0.1, 0.15) is 11.5 Å². The summed E-state index contributed by atoms with van der Waals surface area (Å²) in [5, 5.41) is 0.640. The van der Waals surface area contributed by atoms with Crippen molar-refractivity contribution < 1.29 is 13.9 Å². The van der Waals surface area contributed by atoms with Crippen LogP contribution in [0.2, 0.25) is 5.02 Å². The van der Waals surface area contributed by atoms with Crippen LogP contribution >= 0.6 is 11.6 Å². The fourth-order valence-electron chi connectivity index (χ4n) is 1.37. The highest BCUT2D eigenvalue weighted by Crippen LogP contribution is 2.21. The lowest BCUT2D eigenvalue weighted by molar-refractivity contribution is -0.128. The van der Waals surface area contributed by atoms with Gasteiger partial charge >= 0.3 is 5.97 Å². The number of rotatable bonds is 3. The van der Waals surface area contributed by atoms with Crippen molar-refractivity contribution >= 4 is 23.6 Å². The van der Waals surface area contributed by atoms with Gasteiger partial charge in [-0.3, -0.25) is 0 Å². The average Bonchev–Trinajstić information content (AvgIpc) is 2.84. The zero-order valence-electron chi connectivity index (χ0n) is 9.72. The summed E-state index contributed by atoms with van der Waals surface area (Å²) in [5.74, 6) is 0.596. The second kappa shape index (κ2) is 5.56. The van der Waals surface area contributed by atoms with E-state index in [9.17, 15) is 4.79 Å². The molecule has 0 fully saturated rings. The molecule has 0 aliphatic heterocycles. The zero-order chi connectivity index (χ0) is 13.0. The standard InChI is InChI=1S/C14H11ClO3/c1-10-9-12(4-6-13(10)15)18-14(16)7-5-11-3-2-8-17-11/h2-9H,1H3/b7-5+. The predicted molar refractivity (Wildman–Crippen MR) is 69.6 cm³/mol. The second-order valence-corrected chi connectivity index (χ2v) is 4.09. The Morgan fingerprint density at radius 2 is 2.22 bits per heavy atom. The SMILES string of the molecule is Cc1cc(OC(=O)/C=C/c2ccco2)ccc1Cl. The molecular formula is C14H11ClO3. The molecule has 3 nitrogen and oxygen atoms in total. The maximum atomic E-state index is 11.5. The highest BCUT2D eigenvalue weighted by atomic mass is 35.5. The van der Waals surface area contributed by atoms with Gasteiger partial charge in [0.2, 0.25) is 0 Å². The van der Waals surface area contributed by atoms with Crippen molar-refractivity contribution in [1.29, 1.82) is 0 Å². The third kappa shape index (κ3) is 3.25. The molecule has 0 aliphatic carbocycles. The van der Waals surface area contributed by atoms with Gasteiger partial charge in [-0.2, -0.15) is 0 Å². The number of aryl methyl sites for hydroxylation is 1. The van der Waals surface area contributed by atoms with Gasteiger partial charge in [-0.05, 0) is 48.9 Å². The van der Waals surface area contributed by atoms with Crippen molar-refractivity contribution in [2.45, 2.75) is 6.92 Å². The van der Waals surface area contributed by atoms with Crippen LogP contribution in [0.15, 0.2) is 47.1 Å². The van der Waals surface area contributed by atoms with Gasteiger partial charge in [-0.15, -0.1) is 0 Å². The molecule has 0 unspecified atom stereocenters. The topological polar surface area (TPSA) is 39.4 Å². The number of carbonyl (C=O) groups excluding carboxylic acids is 1.